The molecule has 76 valence electrons. The van der Waals surface area contributed by atoms with Crippen molar-refractivity contribution in [1.82, 2.24) is 0 Å². The molecule has 1 fully saturated rings. The molecule has 0 bridgehead atoms. The van der Waals surface area contributed by atoms with Crippen LogP contribution in [0.1, 0.15) is 25.3 Å². The highest BCUT2D eigenvalue weighted by atomic mass is 32.2. The maximum atomic E-state index is 9.39. The van der Waals surface area contributed by atoms with E-state index in [-0.39, 0.29) is 5.41 Å². The number of hydrogen-bond donors (Lipinski definition) is 1. The van der Waals surface area contributed by atoms with Crippen molar-refractivity contribution in [3.05, 3.63) is 29.8 Å². The van der Waals surface area contributed by atoms with Crippen LogP contribution in [0.4, 0.5) is 0 Å². The van der Waals surface area contributed by atoms with Crippen LogP contribution in [0, 0.1) is 0 Å². The van der Waals surface area contributed by atoms with Crippen molar-refractivity contribution in [2.24, 2.45) is 0 Å². The van der Waals surface area contributed by atoms with Crippen LogP contribution in [-0.2, 0) is 5.41 Å². The molecular weight excluding hydrogens is 192 g/mol. The second kappa shape index (κ2) is 3.95. The van der Waals surface area contributed by atoms with Gasteiger partial charge in [0.25, 0.3) is 0 Å². The molecule has 0 radical (unpaired) electrons. The van der Waals surface area contributed by atoms with E-state index in [2.05, 4.69) is 31.2 Å². The molecule has 1 saturated carbocycles. The van der Waals surface area contributed by atoms with E-state index in [1.165, 1.54) is 10.5 Å². The predicted molar refractivity (Wildman–Crippen MR) is 60.8 cm³/mol. The van der Waals surface area contributed by atoms with E-state index in [1.54, 1.807) is 0 Å². The molecule has 1 aliphatic carbocycles. The van der Waals surface area contributed by atoms with Gasteiger partial charge in [0.15, 0.2) is 0 Å². The number of aliphatic hydroxyl groups excluding tert-OH is 1. The summed E-state index contributed by atoms with van der Waals surface area (Å²) in [6.45, 7) is 2.47. The molecule has 0 aliphatic heterocycles. The Morgan fingerprint density at radius 3 is 2.64 bits per heavy atom. The molecule has 0 aromatic heterocycles. The maximum Gasteiger partial charge on any atom is 0.0528 e. The molecule has 0 amide bonds. The first-order chi connectivity index (χ1) is 6.82. The Morgan fingerprint density at radius 2 is 2.07 bits per heavy atom. The molecule has 1 aromatic rings. The van der Waals surface area contributed by atoms with Gasteiger partial charge < -0.3 is 5.11 Å². The van der Waals surface area contributed by atoms with Crippen LogP contribution in [-0.4, -0.2) is 17.5 Å². The first-order valence-electron chi connectivity index (χ1n) is 5.15. The fourth-order valence-electron chi connectivity index (χ4n) is 1.85. The van der Waals surface area contributed by atoms with Gasteiger partial charge in [0.05, 0.1) is 6.61 Å². The zero-order valence-corrected chi connectivity index (χ0v) is 9.31. The molecule has 1 N–H and O–H groups in total. The van der Waals surface area contributed by atoms with E-state index in [0.29, 0.717) is 6.61 Å². The van der Waals surface area contributed by atoms with Gasteiger partial charge in [-0.25, -0.2) is 0 Å². The van der Waals surface area contributed by atoms with E-state index < -0.39 is 0 Å². The van der Waals surface area contributed by atoms with Crippen molar-refractivity contribution in [2.75, 3.05) is 12.4 Å². The topological polar surface area (TPSA) is 20.2 Å². The van der Waals surface area contributed by atoms with Gasteiger partial charge in [0, 0.05) is 10.3 Å². The average molecular weight is 208 g/mol. The summed E-state index contributed by atoms with van der Waals surface area (Å²) in [5.74, 6) is 1.10. The molecular formula is C12H16OS. The summed E-state index contributed by atoms with van der Waals surface area (Å²) in [7, 11) is 0. The van der Waals surface area contributed by atoms with Crippen molar-refractivity contribution in [3.8, 4) is 0 Å². The second-order valence-corrected chi connectivity index (χ2v) is 5.17. The third-order valence-corrected chi connectivity index (χ3v) is 3.87. The minimum Gasteiger partial charge on any atom is -0.395 e. The number of aliphatic hydroxyl groups is 1. The summed E-state index contributed by atoms with van der Waals surface area (Å²) in [4.78, 5) is 1.35. The molecule has 0 unspecified atom stereocenters. The van der Waals surface area contributed by atoms with Crippen molar-refractivity contribution in [3.63, 3.8) is 0 Å². The summed E-state index contributed by atoms with van der Waals surface area (Å²) in [6.07, 6.45) is 2.29. The van der Waals surface area contributed by atoms with Crippen molar-refractivity contribution >= 4 is 11.8 Å². The molecule has 1 aromatic carbocycles. The van der Waals surface area contributed by atoms with Crippen LogP contribution >= 0.6 is 11.8 Å². The second-order valence-electron chi connectivity index (χ2n) is 3.87. The van der Waals surface area contributed by atoms with Gasteiger partial charge in [0.2, 0.25) is 0 Å². The van der Waals surface area contributed by atoms with Gasteiger partial charge in [-0.3, -0.25) is 0 Å². The zero-order valence-electron chi connectivity index (χ0n) is 8.49. The lowest BCUT2D eigenvalue weighted by Crippen LogP contribution is -2.12. The summed E-state index contributed by atoms with van der Waals surface area (Å²) in [5, 5.41) is 9.39. The van der Waals surface area contributed by atoms with E-state index in [9.17, 15) is 5.11 Å². The number of hydrogen-bond acceptors (Lipinski definition) is 2. The van der Waals surface area contributed by atoms with Gasteiger partial charge in [-0.15, -0.1) is 11.8 Å². The summed E-state index contributed by atoms with van der Waals surface area (Å²) in [5.41, 5.74) is 1.47. The number of benzene rings is 1. The first-order valence-corrected chi connectivity index (χ1v) is 6.14. The molecule has 0 atom stereocenters. The molecule has 0 saturated heterocycles. The number of thioether (sulfide) groups is 1. The smallest absolute Gasteiger partial charge is 0.0528 e. The Kier molecular flexibility index (Phi) is 2.84. The van der Waals surface area contributed by atoms with E-state index >= 15 is 0 Å². The lowest BCUT2D eigenvalue weighted by molar-refractivity contribution is 0.253. The Labute approximate surface area is 89.5 Å². The number of rotatable bonds is 4. The highest BCUT2D eigenvalue weighted by molar-refractivity contribution is 7.99. The third kappa shape index (κ3) is 1.69. The lowest BCUT2D eigenvalue weighted by atomic mass is 9.97. The van der Waals surface area contributed by atoms with Crippen molar-refractivity contribution in [1.29, 1.82) is 0 Å². The van der Waals surface area contributed by atoms with E-state index in [0.717, 1.165) is 18.6 Å². The van der Waals surface area contributed by atoms with Gasteiger partial charge in [-0.2, -0.15) is 0 Å². The Balaban J connectivity index is 2.32. The highest BCUT2D eigenvalue weighted by Crippen LogP contribution is 2.50. The van der Waals surface area contributed by atoms with Crippen molar-refractivity contribution in [2.45, 2.75) is 30.1 Å². The molecule has 0 spiro atoms. The zero-order chi connectivity index (χ0) is 10.0. The molecule has 1 aliphatic rings. The van der Waals surface area contributed by atoms with Gasteiger partial charge in [0.1, 0.15) is 0 Å². The summed E-state index contributed by atoms with van der Waals surface area (Å²) in [6, 6.07) is 8.49. The van der Waals surface area contributed by atoms with Crippen LogP contribution in [0.5, 0.6) is 0 Å². The van der Waals surface area contributed by atoms with Gasteiger partial charge in [-0.1, -0.05) is 25.1 Å². The lowest BCUT2D eigenvalue weighted by Gasteiger charge is -2.16. The Bertz CT molecular complexity index is 318. The monoisotopic (exact) mass is 208 g/mol. The summed E-state index contributed by atoms with van der Waals surface area (Å²) >= 11 is 1.87. The van der Waals surface area contributed by atoms with Crippen LogP contribution in [0.2, 0.25) is 0 Å². The van der Waals surface area contributed by atoms with Crippen LogP contribution in [0.15, 0.2) is 29.2 Å². The van der Waals surface area contributed by atoms with Crippen LogP contribution in [0.3, 0.4) is 0 Å². The largest absolute Gasteiger partial charge is 0.395 e. The molecule has 2 rings (SSSR count). The first kappa shape index (κ1) is 10.1. The quantitative estimate of drug-likeness (QED) is 0.768. The summed E-state index contributed by atoms with van der Waals surface area (Å²) < 4.78 is 0. The molecule has 14 heavy (non-hydrogen) atoms. The van der Waals surface area contributed by atoms with E-state index in [1.807, 2.05) is 11.8 Å². The SMILES string of the molecule is CCSc1ccccc1C1(CO)CC1. The van der Waals surface area contributed by atoms with Crippen LogP contribution < -0.4 is 0 Å². The maximum absolute atomic E-state index is 9.39. The van der Waals surface area contributed by atoms with Crippen LogP contribution in [0.25, 0.3) is 0 Å². The Morgan fingerprint density at radius 1 is 1.36 bits per heavy atom. The van der Waals surface area contributed by atoms with E-state index in [4.69, 9.17) is 0 Å². The third-order valence-electron chi connectivity index (χ3n) is 2.91. The minimum atomic E-state index is 0.110. The Hall–Kier alpha value is -0.470. The van der Waals surface area contributed by atoms with Gasteiger partial charge in [-0.05, 0) is 30.2 Å². The molecule has 1 nitrogen and oxygen atoms in total. The normalized spacial score (nSPS) is 18.1. The molecule has 0 heterocycles. The average Bonchev–Trinajstić information content (AvgIpc) is 3.00. The fraction of sp³-hybridized carbons (Fsp3) is 0.500. The van der Waals surface area contributed by atoms with Crippen molar-refractivity contribution < 1.29 is 5.11 Å². The fourth-order valence-corrected chi connectivity index (χ4v) is 2.78. The minimum absolute atomic E-state index is 0.110. The molecule has 2 heteroatoms. The standard InChI is InChI=1S/C12H16OS/c1-2-14-11-6-4-3-5-10(11)12(9-13)7-8-12/h3-6,13H,2,7-9H2,1H3. The predicted octanol–water partition coefficient (Wildman–Crippen LogP) is 2.82. The van der Waals surface area contributed by atoms with Gasteiger partial charge >= 0.3 is 0 Å². The highest BCUT2D eigenvalue weighted by Gasteiger charge is 2.44.